The monoisotopic (exact) mass is 387 g/mol. The minimum absolute atomic E-state index is 0.00850. The van der Waals surface area contributed by atoms with Gasteiger partial charge in [0.1, 0.15) is 5.82 Å². The van der Waals surface area contributed by atoms with E-state index < -0.39 is 0 Å². The van der Waals surface area contributed by atoms with Crippen LogP contribution in [-0.2, 0) is 0 Å². The standard InChI is InChI=1S/C25H29N3O/c1-16-12-17(2)14-19(13-16)26-24-15-21(20-9-5-7-11-23(20)27-24)25(29)28-22-10-6-4-8-18(22)3/h5,7,9,11-15,18,22H,4,6,8,10H2,1-3H3,(H,26,27)(H,28,29)/t18-,22-/m0/s1. The molecule has 0 bridgehead atoms. The Kier molecular flexibility index (Phi) is 5.52. The fraction of sp³-hybridized carbons (Fsp3) is 0.360. The number of benzene rings is 2. The second-order valence-electron chi connectivity index (χ2n) is 8.42. The highest BCUT2D eigenvalue weighted by molar-refractivity contribution is 6.07. The number of para-hydroxylation sites is 1. The quantitative estimate of drug-likeness (QED) is 0.586. The van der Waals surface area contributed by atoms with Crippen molar-refractivity contribution in [2.24, 2.45) is 5.92 Å². The van der Waals surface area contributed by atoms with Crippen LogP contribution in [-0.4, -0.2) is 16.9 Å². The molecule has 1 heterocycles. The molecule has 3 aromatic rings. The molecule has 150 valence electrons. The first kappa shape index (κ1) is 19.4. The van der Waals surface area contributed by atoms with Crippen molar-refractivity contribution < 1.29 is 4.79 Å². The van der Waals surface area contributed by atoms with Crippen molar-refractivity contribution in [2.45, 2.75) is 52.5 Å². The van der Waals surface area contributed by atoms with Gasteiger partial charge in [0.15, 0.2) is 0 Å². The van der Waals surface area contributed by atoms with Crippen molar-refractivity contribution in [1.82, 2.24) is 10.3 Å². The Bertz CT molecular complexity index is 1020. The predicted octanol–water partition coefficient (Wildman–Crippen LogP) is 5.90. The van der Waals surface area contributed by atoms with Gasteiger partial charge in [-0.1, -0.05) is 44.0 Å². The third kappa shape index (κ3) is 4.42. The van der Waals surface area contributed by atoms with Crippen LogP contribution in [0.15, 0.2) is 48.5 Å². The molecule has 29 heavy (non-hydrogen) atoms. The van der Waals surface area contributed by atoms with E-state index in [9.17, 15) is 4.79 Å². The largest absolute Gasteiger partial charge is 0.349 e. The number of pyridine rings is 1. The second kappa shape index (κ2) is 8.24. The van der Waals surface area contributed by atoms with E-state index in [4.69, 9.17) is 4.98 Å². The smallest absolute Gasteiger partial charge is 0.252 e. The molecule has 1 amide bonds. The Hall–Kier alpha value is -2.88. The van der Waals surface area contributed by atoms with Gasteiger partial charge >= 0.3 is 0 Å². The number of fused-ring (bicyclic) bond motifs is 1. The molecule has 1 fully saturated rings. The van der Waals surface area contributed by atoms with Gasteiger partial charge in [-0.2, -0.15) is 0 Å². The number of nitrogens with one attached hydrogen (secondary N) is 2. The highest BCUT2D eigenvalue weighted by Gasteiger charge is 2.24. The molecule has 1 aromatic heterocycles. The van der Waals surface area contributed by atoms with Crippen molar-refractivity contribution >= 4 is 28.3 Å². The van der Waals surface area contributed by atoms with Gasteiger partial charge in [0, 0.05) is 17.1 Å². The lowest BCUT2D eigenvalue weighted by atomic mass is 9.86. The van der Waals surface area contributed by atoms with Crippen molar-refractivity contribution in [3.05, 3.63) is 65.2 Å². The van der Waals surface area contributed by atoms with E-state index in [0.717, 1.165) is 23.0 Å². The lowest BCUT2D eigenvalue weighted by Crippen LogP contribution is -2.41. The van der Waals surface area contributed by atoms with Crippen LogP contribution < -0.4 is 10.6 Å². The average molecular weight is 388 g/mol. The van der Waals surface area contributed by atoms with Crippen LogP contribution in [0, 0.1) is 19.8 Å². The minimum Gasteiger partial charge on any atom is -0.349 e. The summed E-state index contributed by atoms with van der Waals surface area (Å²) in [6.45, 7) is 6.40. The number of hydrogen-bond acceptors (Lipinski definition) is 3. The number of aryl methyl sites for hydroxylation is 2. The van der Waals surface area contributed by atoms with Crippen molar-refractivity contribution in [1.29, 1.82) is 0 Å². The molecular weight excluding hydrogens is 358 g/mol. The van der Waals surface area contributed by atoms with E-state index in [-0.39, 0.29) is 11.9 Å². The van der Waals surface area contributed by atoms with Gasteiger partial charge in [-0.15, -0.1) is 0 Å². The van der Waals surface area contributed by atoms with Gasteiger partial charge in [0.2, 0.25) is 0 Å². The number of carbonyl (C=O) groups is 1. The van der Waals surface area contributed by atoms with Gasteiger partial charge in [-0.3, -0.25) is 4.79 Å². The molecule has 1 aliphatic carbocycles. The minimum atomic E-state index is -0.00850. The molecule has 0 spiro atoms. The molecule has 4 nitrogen and oxygen atoms in total. The zero-order chi connectivity index (χ0) is 20.4. The summed E-state index contributed by atoms with van der Waals surface area (Å²) in [6, 6.07) is 16.3. The highest BCUT2D eigenvalue weighted by atomic mass is 16.1. The summed E-state index contributed by atoms with van der Waals surface area (Å²) in [6.07, 6.45) is 4.69. The topological polar surface area (TPSA) is 54.0 Å². The van der Waals surface area contributed by atoms with Gasteiger partial charge in [0.05, 0.1) is 11.1 Å². The van der Waals surface area contributed by atoms with E-state index in [1.165, 1.54) is 30.4 Å². The van der Waals surface area contributed by atoms with Crippen LogP contribution in [0.25, 0.3) is 10.9 Å². The Morgan fingerprint density at radius 1 is 1.00 bits per heavy atom. The maximum Gasteiger partial charge on any atom is 0.252 e. The fourth-order valence-electron chi connectivity index (χ4n) is 4.40. The van der Waals surface area contributed by atoms with E-state index in [1.807, 2.05) is 30.3 Å². The SMILES string of the molecule is Cc1cc(C)cc(Nc2cc(C(=O)N[C@H]3CCCC[C@@H]3C)c3ccccc3n2)c1. The summed E-state index contributed by atoms with van der Waals surface area (Å²) in [7, 11) is 0. The molecule has 4 heteroatoms. The summed E-state index contributed by atoms with van der Waals surface area (Å²) in [5.74, 6) is 1.20. The van der Waals surface area contributed by atoms with E-state index in [0.29, 0.717) is 17.3 Å². The van der Waals surface area contributed by atoms with E-state index >= 15 is 0 Å². The summed E-state index contributed by atoms with van der Waals surface area (Å²) in [4.78, 5) is 18.0. The summed E-state index contributed by atoms with van der Waals surface area (Å²) in [5, 5.41) is 7.57. The van der Waals surface area contributed by atoms with Gasteiger partial charge in [0.25, 0.3) is 5.91 Å². The van der Waals surface area contributed by atoms with Crippen LogP contribution in [0.1, 0.15) is 54.1 Å². The number of amides is 1. The van der Waals surface area contributed by atoms with Crippen LogP contribution in [0.3, 0.4) is 0 Å². The van der Waals surface area contributed by atoms with Gasteiger partial charge < -0.3 is 10.6 Å². The lowest BCUT2D eigenvalue weighted by molar-refractivity contribution is 0.0912. The predicted molar refractivity (Wildman–Crippen MR) is 120 cm³/mol. The third-order valence-corrected chi connectivity index (χ3v) is 5.88. The normalized spacial score (nSPS) is 19.1. The number of anilines is 2. The first-order valence-electron chi connectivity index (χ1n) is 10.6. The lowest BCUT2D eigenvalue weighted by Gasteiger charge is -2.29. The molecule has 2 atom stereocenters. The molecule has 2 aromatic carbocycles. The Morgan fingerprint density at radius 2 is 1.72 bits per heavy atom. The molecule has 0 saturated heterocycles. The maximum absolute atomic E-state index is 13.2. The molecule has 0 radical (unpaired) electrons. The molecule has 4 rings (SSSR count). The van der Waals surface area contributed by atoms with Crippen molar-refractivity contribution in [3.63, 3.8) is 0 Å². The van der Waals surface area contributed by atoms with Crippen LogP contribution in [0.2, 0.25) is 0 Å². The molecule has 1 aliphatic rings. The average Bonchev–Trinajstić information content (AvgIpc) is 2.68. The van der Waals surface area contributed by atoms with E-state index in [2.05, 4.69) is 49.6 Å². The number of aromatic nitrogens is 1. The van der Waals surface area contributed by atoms with Crippen LogP contribution in [0.5, 0.6) is 0 Å². The van der Waals surface area contributed by atoms with Crippen LogP contribution >= 0.6 is 0 Å². The molecule has 2 N–H and O–H groups in total. The molecule has 0 unspecified atom stereocenters. The van der Waals surface area contributed by atoms with Gasteiger partial charge in [-0.25, -0.2) is 4.98 Å². The Morgan fingerprint density at radius 3 is 2.48 bits per heavy atom. The Balaban J connectivity index is 1.67. The van der Waals surface area contributed by atoms with E-state index in [1.54, 1.807) is 0 Å². The summed E-state index contributed by atoms with van der Waals surface area (Å²) in [5.41, 5.74) is 4.87. The zero-order valence-corrected chi connectivity index (χ0v) is 17.5. The second-order valence-corrected chi connectivity index (χ2v) is 8.42. The van der Waals surface area contributed by atoms with Gasteiger partial charge in [-0.05, 0) is 68.0 Å². The Labute approximate surface area is 172 Å². The first-order valence-corrected chi connectivity index (χ1v) is 10.6. The number of nitrogens with zero attached hydrogens (tertiary/aromatic N) is 1. The third-order valence-electron chi connectivity index (χ3n) is 5.88. The fourth-order valence-corrected chi connectivity index (χ4v) is 4.40. The van der Waals surface area contributed by atoms with Crippen molar-refractivity contribution in [3.8, 4) is 0 Å². The maximum atomic E-state index is 13.2. The number of rotatable bonds is 4. The summed E-state index contributed by atoms with van der Waals surface area (Å²) >= 11 is 0. The first-order chi connectivity index (χ1) is 14.0. The molecule has 0 aliphatic heterocycles. The highest BCUT2D eigenvalue weighted by Crippen LogP contribution is 2.27. The zero-order valence-electron chi connectivity index (χ0n) is 17.5. The number of hydrogen-bond donors (Lipinski definition) is 2. The molecule has 1 saturated carbocycles. The number of carbonyl (C=O) groups excluding carboxylic acids is 1. The molecular formula is C25H29N3O. The van der Waals surface area contributed by atoms with Crippen molar-refractivity contribution in [2.75, 3.05) is 5.32 Å². The van der Waals surface area contributed by atoms with Crippen LogP contribution in [0.4, 0.5) is 11.5 Å². The summed E-state index contributed by atoms with van der Waals surface area (Å²) < 4.78 is 0.